The van der Waals surface area contributed by atoms with Gasteiger partial charge in [0.2, 0.25) is 0 Å². The normalized spacial score (nSPS) is 14.5. The van der Waals surface area contributed by atoms with Gasteiger partial charge in [-0.1, -0.05) is 273 Å². The molecule has 1 atom stereocenters. The molecule has 0 amide bonds. The summed E-state index contributed by atoms with van der Waals surface area (Å²) in [5, 5.41) is 0. The van der Waals surface area contributed by atoms with Crippen molar-refractivity contribution in [3.8, 4) is 113 Å². The first-order valence-electron chi connectivity index (χ1n) is 29.8. The van der Waals surface area contributed by atoms with Crippen molar-refractivity contribution in [1.82, 2.24) is 19.9 Å². The lowest BCUT2D eigenvalue weighted by Crippen LogP contribution is -2.34. The van der Waals surface area contributed by atoms with Crippen LogP contribution in [0, 0.1) is 0 Å². The predicted octanol–water partition coefficient (Wildman–Crippen LogP) is 19.9. The Kier molecular flexibility index (Phi) is 11.9. The number of fused-ring (bicyclic) bond motifs is 11. The molecule has 6 heteroatoms. The van der Waals surface area contributed by atoms with Gasteiger partial charge in [0.1, 0.15) is 23.0 Å². The first-order chi connectivity index (χ1) is 43.6. The Morgan fingerprint density at radius 2 is 0.625 bits per heavy atom. The molecule has 1 unspecified atom stereocenters. The molecule has 1 aliphatic carbocycles. The summed E-state index contributed by atoms with van der Waals surface area (Å²) in [6.45, 7) is 0. The van der Waals surface area contributed by atoms with Crippen LogP contribution in [0.4, 0.5) is 0 Å². The minimum Gasteiger partial charge on any atom is -0.457 e. The Balaban J connectivity index is 0.837. The van der Waals surface area contributed by atoms with Gasteiger partial charge in [0, 0.05) is 61.2 Å². The van der Waals surface area contributed by atoms with Crippen LogP contribution < -0.4 is 9.47 Å². The molecule has 4 heterocycles. The number of hydrogen-bond acceptors (Lipinski definition) is 6. The lowest BCUT2D eigenvalue weighted by Gasteiger charge is -2.42. The van der Waals surface area contributed by atoms with Crippen LogP contribution in [0.15, 0.2) is 315 Å². The summed E-state index contributed by atoms with van der Waals surface area (Å²) >= 11 is 0. The highest BCUT2D eigenvalue weighted by atomic mass is 16.5. The number of aromatic nitrogens is 4. The van der Waals surface area contributed by atoms with E-state index in [-0.39, 0.29) is 0 Å². The molecule has 0 N–H and O–H groups in total. The zero-order chi connectivity index (χ0) is 58.2. The summed E-state index contributed by atoms with van der Waals surface area (Å²) in [6.07, 6.45) is 0. The zero-order valence-electron chi connectivity index (χ0n) is 47.6. The molecule has 0 bridgehead atoms. The Bertz CT molecular complexity index is 4950. The third-order valence-electron chi connectivity index (χ3n) is 17.9. The van der Waals surface area contributed by atoms with Gasteiger partial charge in [0.15, 0.2) is 11.6 Å². The van der Waals surface area contributed by atoms with E-state index in [0.717, 1.165) is 135 Å². The minimum atomic E-state index is -0.833. The van der Waals surface area contributed by atoms with E-state index in [1.54, 1.807) is 0 Å². The maximum absolute atomic E-state index is 7.31. The molecule has 3 aliphatic rings. The molecule has 0 saturated heterocycles. The van der Waals surface area contributed by atoms with E-state index in [2.05, 4.69) is 285 Å². The average Bonchev–Trinajstić information content (AvgIpc) is 1.43. The molecule has 6 nitrogen and oxygen atoms in total. The number of para-hydroxylation sites is 4. The molecular formula is C82H52N4O2. The molecule has 12 aromatic carbocycles. The van der Waals surface area contributed by atoms with Crippen LogP contribution in [0.1, 0.15) is 44.5 Å². The summed E-state index contributed by atoms with van der Waals surface area (Å²) in [5.41, 5.74) is 20.7. The third kappa shape index (κ3) is 7.96. The van der Waals surface area contributed by atoms with Gasteiger partial charge in [-0.05, 0) is 81.4 Å². The number of nitrogens with zero attached hydrogens (tertiary/aromatic N) is 4. The minimum absolute atomic E-state index is 0.639. The molecule has 0 radical (unpaired) electrons. The van der Waals surface area contributed by atoms with Crippen LogP contribution in [0.2, 0.25) is 0 Å². The quantitative estimate of drug-likeness (QED) is 0.143. The molecular weight excluding hydrogens is 1070 g/mol. The van der Waals surface area contributed by atoms with Crippen LogP contribution >= 0.6 is 0 Å². The van der Waals surface area contributed by atoms with Crippen molar-refractivity contribution < 1.29 is 9.47 Å². The van der Waals surface area contributed by atoms with Gasteiger partial charge in [0.05, 0.1) is 33.6 Å². The van der Waals surface area contributed by atoms with Gasteiger partial charge in [-0.25, -0.2) is 19.9 Å². The maximum atomic E-state index is 7.31. The fourth-order valence-corrected chi connectivity index (χ4v) is 14.2. The molecule has 17 rings (SSSR count). The fraction of sp³-hybridized carbons (Fsp3) is 0.0244. The van der Waals surface area contributed by atoms with E-state index in [4.69, 9.17) is 29.4 Å². The van der Waals surface area contributed by atoms with E-state index < -0.39 is 10.8 Å². The standard InChI is InChI=1S/C82H52N4O2/c1-5-25-53(26-6-1)70-51-73(84-79(83-70)55-29-9-3-10-30-55)58-33-22-36-60(50-58)81(59-34-11-4-12-35-59)65-41-15-20-48-76(65)88-78-61(38-23-45-69(78)81)56-31-21-32-57(49-56)72-52-71(54-27-7-2-8-28-54)85-80(86-72)63-39-24-44-68-77(63)62-37-13-14-40-64(62)82(68)66-42-16-18-46-74(66)87-75-47-19-17-43-67(75)82/h1-52H. The Morgan fingerprint density at radius 3 is 1.25 bits per heavy atom. The summed E-state index contributed by atoms with van der Waals surface area (Å²) < 4.78 is 14.0. The molecule has 14 aromatic rings. The largest absolute Gasteiger partial charge is 0.457 e. The topological polar surface area (TPSA) is 70.0 Å². The van der Waals surface area contributed by atoms with Gasteiger partial charge in [-0.3, -0.25) is 0 Å². The lowest BCUT2D eigenvalue weighted by molar-refractivity contribution is 0.436. The molecule has 0 fully saturated rings. The molecule has 2 aromatic heterocycles. The number of ether oxygens (including phenoxy) is 2. The van der Waals surface area contributed by atoms with Crippen molar-refractivity contribution in [2.75, 3.05) is 0 Å². The van der Waals surface area contributed by atoms with Gasteiger partial charge < -0.3 is 9.47 Å². The molecule has 2 aliphatic heterocycles. The number of rotatable bonds is 9. The monoisotopic (exact) mass is 1120 g/mol. The second-order valence-electron chi connectivity index (χ2n) is 22.7. The van der Waals surface area contributed by atoms with E-state index in [0.29, 0.717) is 11.6 Å². The van der Waals surface area contributed by atoms with Crippen molar-refractivity contribution in [3.63, 3.8) is 0 Å². The highest BCUT2D eigenvalue weighted by molar-refractivity contribution is 5.96. The second-order valence-corrected chi connectivity index (χ2v) is 22.7. The van der Waals surface area contributed by atoms with Crippen molar-refractivity contribution in [2.45, 2.75) is 10.8 Å². The molecule has 1 spiro atoms. The molecule has 412 valence electrons. The van der Waals surface area contributed by atoms with Crippen molar-refractivity contribution in [3.05, 3.63) is 360 Å². The molecule has 88 heavy (non-hydrogen) atoms. The molecule has 0 saturated carbocycles. The predicted molar refractivity (Wildman–Crippen MR) is 351 cm³/mol. The first-order valence-corrected chi connectivity index (χ1v) is 29.8. The summed E-state index contributed by atoms with van der Waals surface area (Å²) in [5.74, 6) is 4.57. The van der Waals surface area contributed by atoms with Crippen molar-refractivity contribution >= 4 is 0 Å². The van der Waals surface area contributed by atoms with Gasteiger partial charge >= 0.3 is 0 Å². The van der Waals surface area contributed by atoms with Gasteiger partial charge in [-0.15, -0.1) is 0 Å². The summed E-state index contributed by atoms with van der Waals surface area (Å²) in [4.78, 5) is 21.6. The Hall–Kier alpha value is -11.6. The van der Waals surface area contributed by atoms with Crippen LogP contribution in [-0.2, 0) is 10.8 Å². The van der Waals surface area contributed by atoms with E-state index >= 15 is 0 Å². The highest BCUT2D eigenvalue weighted by Gasteiger charge is 2.52. The zero-order valence-corrected chi connectivity index (χ0v) is 47.6. The van der Waals surface area contributed by atoms with Crippen LogP contribution in [0.3, 0.4) is 0 Å². The Labute approximate surface area is 510 Å². The van der Waals surface area contributed by atoms with Gasteiger partial charge in [0.25, 0.3) is 0 Å². The average molecular weight is 1130 g/mol. The van der Waals surface area contributed by atoms with Crippen LogP contribution in [0.25, 0.3) is 90.1 Å². The van der Waals surface area contributed by atoms with E-state index in [1.165, 1.54) is 11.1 Å². The van der Waals surface area contributed by atoms with E-state index in [9.17, 15) is 0 Å². The van der Waals surface area contributed by atoms with Crippen molar-refractivity contribution in [2.24, 2.45) is 0 Å². The van der Waals surface area contributed by atoms with Gasteiger partial charge in [-0.2, -0.15) is 0 Å². The number of hydrogen-bond donors (Lipinski definition) is 0. The summed E-state index contributed by atoms with van der Waals surface area (Å²) in [6, 6.07) is 111. The van der Waals surface area contributed by atoms with Crippen LogP contribution in [-0.4, -0.2) is 19.9 Å². The fourth-order valence-electron chi connectivity index (χ4n) is 14.2. The Morgan fingerprint density at radius 1 is 0.227 bits per heavy atom. The lowest BCUT2D eigenvalue weighted by atomic mass is 9.63. The smallest absolute Gasteiger partial charge is 0.161 e. The van der Waals surface area contributed by atoms with E-state index in [1.807, 2.05) is 30.3 Å². The second kappa shape index (κ2) is 20.6. The highest BCUT2D eigenvalue weighted by Crippen LogP contribution is 2.64. The SMILES string of the molecule is c1ccc(-c2cc(-c3cccc(C4(c5ccccc5)c5ccccc5Oc5c(-c6cccc(-c7cc(-c8ccccc8)nc(-c8cccc9c8-c8ccccc8C98c9ccccc9Oc9ccccc98)n7)c6)cccc54)c3)nc(-c3ccccc3)n2)cc1. The summed E-state index contributed by atoms with van der Waals surface area (Å²) in [7, 11) is 0. The number of benzene rings is 12. The first kappa shape index (κ1) is 50.9. The van der Waals surface area contributed by atoms with Crippen LogP contribution in [0.5, 0.6) is 23.0 Å². The van der Waals surface area contributed by atoms with Crippen molar-refractivity contribution in [1.29, 1.82) is 0 Å². The third-order valence-corrected chi connectivity index (χ3v) is 17.9. The maximum Gasteiger partial charge on any atom is 0.161 e.